The van der Waals surface area contributed by atoms with Crippen LogP contribution < -0.4 is 0 Å². The van der Waals surface area contributed by atoms with Crippen LogP contribution >= 0.6 is 0 Å². The number of ether oxygens (including phenoxy) is 2. The van der Waals surface area contributed by atoms with Gasteiger partial charge in [0.1, 0.15) is 18.5 Å². The number of alkyl halides is 3. The number of benzene rings is 2. The van der Waals surface area contributed by atoms with Crippen molar-refractivity contribution in [2.75, 3.05) is 39.3 Å². The molecule has 9 nitrogen and oxygen atoms in total. The number of carboxylic acid groups (broad SMARTS) is 1. The number of esters is 1. The predicted octanol–water partition coefficient (Wildman–Crippen LogP) is 3.41. The normalized spacial score (nSPS) is 21.6. The lowest BCUT2D eigenvalue weighted by atomic mass is 9.93. The fourth-order valence-corrected chi connectivity index (χ4v) is 5.45. The van der Waals surface area contributed by atoms with E-state index in [9.17, 15) is 32.7 Å². The highest BCUT2D eigenvalue weighted by Crippen LogP contribution is 2.34. The molecule has 2 saturated heterocycles. The maximum Gasteiger partial charge on any atom is 0.490 e. The molecule has 0 radical (unpaired) electrons. The molecular weight excluding hydrogens is 550 g/mol. The number of nitrogens with zero attached hydrogens (tertiary/aromatic N) is 3. The van der Waals surface area contributed by atoms with Crippen LogP contribution in [0.25, 0.3) is 0 Å². The fraction of sp³-hybridized carbons (Fsp3) is 0.464. The van der Waals surface area contributed by atoms with E-state index in [4.69, 9.17) is 19.4 Å². The van der Waals surface area contributed by atoms with Gasteiger partial charge in [-0.15, -0.1) is 0 Å². The van der Waals surface area contributed by atoms with Gasteiger partial charge in [-0.05, 0) is 48.2 Å². The average Bonchev–Trinajstić information content (AvgIpc) is 3.30. The fourth-order valence-electron chi connectivity index (χ4n) is 5.45. The Kier molecular flexibility index (Phi) is 8.98. The lowest BCUT2D eigenvalue weighted by Crippen LogP contribution is -2.58. The molecule has 0 bridgehead atoms. The summed E-state index contributed by atoms with van der Waals surface area (Å²) in [5.41, 5.74) is 4.87. The molecular formula is C28H29F4N3O6. The first-order valence-electron chi connectivity index (χ1n) is 12.9. The largest absolute Gasteiger partial charge is 0.490 e. The number of carbonyl (C=O) groups is 2. The van der Waals surface area contributed by atoms with Crippen LogP contribution in [0.1, 0.15) is 55.9 Å². The quantitative estimate of drug-likeness (QED) is 0.414. The Morgan fingerprint density at radius 3 is 2.54 bits per heavy atom. The van der Waals surface area contributed by atoms with Crippen molar-refractivity contribution in [3.8, 4) is 6.07 Å². The first kappa shape index (κ1) is 30.4. The van der Waals surface area contributed by atoms with E-state index in [0.29, 0.717) is 36.4 Å². The lowest BCUT2D eigenvalue weighted by molar-refractivity contribution is -0.192. The van der Waals surface area contributed by atoms with Gasteiger partial charge in [0.15, 0.2) is 0 Å². The van der Waals surface area contributed by atoms with Crippen LogP contribution in [0.5, 0.6) is 0 Å². The predicted molar refractivity (Wildman–Crippen MR) is 135 cm³/mol. The third-order valence-corrected chi connectivity index (χ3v) is 7.73. The Hall–Kier alpha value is -3.57. The summed E-state index contributed by atoms with van der Waals surface area (Å²) in [5, 5.41) is 27.2. The van der Waals surface area contributed by atoms with E-state index in [1.54, 1.807) is 13.0 Å². The van der Waals surface area contributed by atoms with Crippen molar-refractivity contribution in [3.05, 3.63) is 69.0 Å². The molecule has 0 amide bonds. The summed E-state index contributed by atoms with van der Waals surface area (Å²) in [4.78, 5) is 25.4. The van der Waals surface area contributed by atoms with E-state index in [1.165, 1.54) is 6.07 Å². The molecule has 0 spiro atoms. The average molecular weight is 580 g/mol. The number of aliphatic carboxylic acids is 1. The van der Waals surface area contributed by atoms with E-state index < -0.39 is 24.1 Å². The van der Waals surface area contributed by atoms with Gasteiger partial charge in [0.25, 0.3) is 0 Å². The van der Waals surface area contributed by atoms with E-state index in [0.717, 1.165) is 42.9 Å². The zero-order valence-corrected chi connectivity index (χ0v) is 22.4. The second kappa shape index (κ2) is 12.1. The van der Waals surface area contributed by atoms with Crippen LogP contribution in [0.3, 0.4) is 0 Å². The highest BCUT2D eigenvalue weighted by atomic mass is 19.4. The Balaban J connectivity index is 0.000000493. The molecule has 0 aliphatic carbocycles. The molecule has 2 N–H and O–H groups in total. The number of morpholine rings is 1. The van der Waals surface area contributed by atoms with Crippen molar-refractivity contribution < 1.29 is 46.8 Å². The minimum Gasteiger partial charge on any atom is -0.475 e. The van der Waals surface area contributed by atoms with Gasteiger partial charge < -0.3 is 19.7 Å². The number of hydrogen-bond acceptors (Lipinski definition) is 8. The van der Waals surface area contributed by atoms with Crippen molar-refractivity contribution in [2.45, 2.75) is 44.9 Å². The number of aliphatic hydroxyl groups is 1. The summed E-state index contributed by atoms with van der Waals surface area (Å²) in [6.07, 6.45) is -5.93. The number of halogens is 4. The summed E-state index contributed by atoms with van der Waals surface area (Å²) in [5.74, 6) is -3.57. The molecule has 3 aliphatic heterocycles. The van der Waals surface area contributed by atoms with Gasteiger partial charge >= 0.3 is 18.1 Å². The number of aliphatic hydroxyl groups excluding tert-OH is 1. The van der Waals surface area contributed by atoms with Gasteiger partial charge in [-0.1, -0.05) is 12.1 Å². The van der Waals surface area contributed by atoms with Gasteiger partial charge in [-0.25, -0.2) is 14.0 Å². The summed E-state index contributed by atoms with van der Waals surface area (Å²) in [7, 11) is 0. The van der Waals surface area contributed by atoms with E-state index >= 15 is 0 Å². The van der Waals surface area contributed by atoms with E-state index in [2.05, 4.69) is 9.80 Å². The molecule has 5 rings (SSSR count). The number of fused-ring (bicyclic) bond motifs is 2. The first-order chi connectivity index (χ1) is 19.3. The Morgan fingerprint density at radius 2 is 1.88 bits per heavy atom. The number of carboxylic acids is 1. The number of piperazine rings is 1. The molecule has 1 unspecified atom stereocenters. The van der Waals surface area contributed by atoms with E-state index in [-0.39, 0.29) is 23.7 Å². The molecule has 3 aliphatic rings. The minimum absolute atomic E-state index is 0.00845. The maximum absolute atomic E-state index is 13.8. The zero-order chi connectivity index (χ0) is 30.1. The SMILES string of the molecule is Cc1c(C(O)CN2CCN3C[C@@H](c4ccc5c(c4C)COC5=O)OC[C@@H]3C2)ccc(F)c1C#N.O=C(O)C(F)(F)F. The first-order valence-corrected chi connectivity index (χ1v) is 12.9. The lowest BCUT2D eigenvalue weighted by Gasteiger charge is -2.46. The molecule has 2 aromatic rings. The third-order valence-electron chi connectivity index (χ3n) is 7.73. The zero-order valence-electron chi connectivity index (χ0n) is 22.4. The molecule has 0 saturated carbocycles. The third kappa shape index (κ3) is 6.51. The maximum atomic E-state index is 13.8. The topological polar surface area (TPSA) is 123 Å². The minimum atomic E-state index is -5.08. The molecule has 3 atom stereocenters. The Morgan fingerprint density at radius 1 is 1.17 bits per heavy atom. The van der Waals surface area contributed by atoms with Gasteiger partial charge in [0.2, 0.25) is 0 Å². The van der Waals surface area contributed by atoms with Crippen molar-refractivity contribution >= 4 is 11.9 Å². The summed E-state index contributed by atoms with van der Waals surface area (Å²) >= 11 is 0. The number of β-amino-alcohol motifs (C(OH)–C–C–N with tert-alkyl or cyclic N) is 1. The van der Waals surface area contributed by atoms with Crippen molar-refractivity contribution in [1.82, 2.24) is 9.80 Å². The van der Waals surface area contributed by atoms with Crippen LogP contribution in [-0.2, 0) is 20.9 Å². The summed E-state index contributed by atoms with van der Waals surface area (Å²) in [6.45, 7) is 8.23. The van der Waals surface area contributed by atoms with Crippen LogP contribution in [-0.4, -0.2) is 83.5 Å². The molecule has 13 heteroatoms. The molecule has 41 heavy (non-hydrogen) atoms. The van der Waals surface area contributed by atoms with Gasteiger partial charge in [0.05, 0.1) is 29.9 Å². The number of nitriles is 1. The van der Waals surface area contributed by atoms with E-state index in [1.807, 2.05) is 25.1 Å². The van der Waals surface area contributed by atoms with Crippen molar-refractivity contribution in [2.24, 2.45) is 0 Å². The van der Waals surface area contributed by atoms with Crippen LogP contribution in [0.15, 0.2) is 24.3 Å². The smallest absolute Gasteiger partial charge is 0.475 e. The standard InChI is InChI=1S/C26H28FN3O4.C2HF3O2/c1-15-18(5-6-23(27)21(15)9-28)24(31)11-29-7-8-30-12-25(33-13-17(30)10-29)19-3-4-20-22(16(19)2)14-34-26(20)32;3-2(4,5)1(6)7/h3-6,17,24-25,31H,7-8,10-14H2,1-2H3;(H,6,7)/t17-,24?,25-;/m0./s1. The molecule has 3 heterocycles. The van der Waals surface area contributed by atoms with Gasteiger partial charge in [-0.3, -0.25) is 9.80 Å². The Labute approximate surface area is 233 Å². The number of hydrogen-bond donors (Lipinski definition) is 2. The molecule has 2 fully saturated rings. The molecule has 220 valence electrons. The van der Waals surface area contributed by atoms with Gasteiger partial charge in [-0.2, -0.15) is 18.4 Å². The number of carbonyl (C=O) groups excluding carboxylic acids is 1. The highest BCUT2D eigenvalue weighted by Gasteiger charge is 2.38. The molecule has 2 aromatic carbocycles. The summed E-state index contributed by atoms with van der Waals surface area (Å²) in [6, 6.07) is 8.76. The van der Waals surface area contributed by atoms with Gasteiger partial charge in [0, 0.05) is 44.3 Å². The van der Waals surface area contributed by atoms with Crippen LogP contribution in [0.4, 0.5) is 17.6 Å². The second-order valence-corrected chi connectivity index (χ2v) is 10.2. The number of cyclic esters (lactones) is 1. The van der Waals surface area contributed by atoms with Crippen LogP contribution in [0, 0.1) is 31.0 Å². The van der Waals surface area contributed by atoms with Crippen LogP contribution in [0.2, 0.25) is 0 Å². The second-order valence-electron chi connectivity index (χ2n) is 10.2. The highest BCUT2D eigenvalue weighted by molar-refractivity contribution is 5.94. The Bertz CT molecular complexity index is 1380. The van der Waals surface area contributed by atoms with Crippen molar-refractivity contribution in [3.63, 3.8) is 0 Å². The monoisotopic (exact) mass is 579 g/mol. The van der Waals surface area contributed by atoms with Crippen molar-refractivity contribution in [1.29, 1.82) is 5.26 Å². The number of rotatable bonds is 4. The molecule has 0 aromatic heterocycles. The summed E-state index contributed by atoms with van der Waals surface area (Å²) < 4.78 is 57.0.